The van der Waals surface area contributed by atoms with Crippen molar-refractivity contribution in [3.8, 4) is 0 Å². The lowest BCUT2D eigenvalue weighted by Gasteiger charge is -2.24. The van der Waals surface area contributed by atoms with Gasteiger partial charge in [0.15, 0.2) is 0 Å². The maximum atomic E-state index is 12.1. The van der Waals surface area contributed by atoms with E-state index in [0.29, 0.717) is 0 Å². The predicted octanol–water partition coefficient (Wildman–Crippen LogP) is 0.836. The van der Waals surface area contributed by atoms with E-state index in [-0.39, 0.29) is 24.5 Å². The van der Waals surface area contributed by atoms with E-state index in [0.717, 1.165) is 31.5 Å². The summed E-state index contributed by atoms with van der Waals surface area (Å²) in [5.74, 6) is 0.128. The molecule has 1 unspecified atom stereocenters. The van der Waals surface area contributed by atoms with Gasteiger partial charge in [-0.3, -0.25) is 4.79 Å². The Labute approximate surface area is 107 Å². The normalized spacial score (nSPS) is 18.3. The lowest BCUT2D eigenvalue weighted by Crippen LogP contribution is -2.40. The van der Waals surface area contributed by atoms with Crippen molar-refractivity contribution in [2.75, 3.05) is 19.7 Å². The monoisotopic (exact) mass is 248 g/mol. The highest BCUT2D eigenvalue weighted by atomic mass is 16.3. The maximum absolute atomic E-state index is 12.1. The van der Waals surface area contributed by atoms with Gasteiger partial charge in [0.25, 0.3) is 0 Å². The lowest BCUT2D eigenvalue weighted by atomic mass is 9.96. The summed E-state index contributed by atoms with van der Waals surface area (Å²) in [6.45, 7) is 1.72. The smallest absolute Gasteiger partial charge is 0.223 e. The number of amides is 1. The molecule has 0 aromatic heterocycles. The summed E-state index contributed by atoms with van der Waals surface area (Å²) in [5, 5.41) is 15.6. The quantitative estimate of drug-likeness (QED) is 0.740. The molecule has 0 bridgehead atoms. The molecule has 1 aromatic rings. The highest BCUT2D eigenvalue weighted by molar-refractivity contribution is 5.79. The molecule has 1 aromatic carbocycles. The summed E-state index contributed by atoms with van der Waals surface area (Å²) in [6, 6.07) is 9.29. The first-order chi connectivity index (χ1) is 8.81. The van der Waals surface area contributed by atoms with E-state index in [1.165, 1.54) is 0 Å². The SMILES string of the molecule is O=C(NC(CO)c1ccccc1)C1CCNCC1. The molecule has 1 aliphatic rings. The minimum atomic E-state index is -0.298. The molecular formula is C14H20N2O2. The van der Waals surface area contributed by atoms with Gasteiger partial charge in [-0.05, 0) is 31.5 Å². The zero-order valence-corrected chi connectivity index (χ0v) is 10.4. The zero-order chi connectivity index (χ0) is 12.8. The Balaban J connectivity index is 1.95. The molecule has 1 saturated heterocycles. The van der Waals surface area contributed by atoms with Gasteiger partial charge in [-0.2, -0.15) is 0 Å². The van der Waals surface area contributed by atoms with Crippen molar-refractivity contribution in [3.05, 3.63) is 35.9 Å². The summed E-state index contributed by atoms with van der Waals surface area (Å²) in [4.78, 5) is 12.1. The first kappa shape index (κ1) is 13.1. The van der Waals surface area contributed by atoms with E-state index >= 15 is 0 Å². The summed E-state index contributed by atoms with van der Waals surface area (Å²) in [7, 11) is 0. The molecule has 1 amide bonds. The molecular weight excluding hydrogens is 228 g/mol. The molecule has 1 aliphatic heterocycles. The molecule has 3 N–H and O–H groups in total. The van der Waals surface area contributed by atoms with Gasteiger partial charge < -0.3 is 15.7 Å². The molecule has 0 spiro atoms. The van der Waals surface area contributed by atoms with Crippen LogP contribution in [0, 0.1) is 5.92 Å². The van der Waals surface area contributed by atoms with E-state index in [9.17, 15) is 9.90 Å². The molecule has 4 nitrogen and oxygen atoms in total. The van der Waals surface area contributed by atoms with Crippen LogP contribution >= 0.6 is 0 Å². The second kappa shape index (κ2) is 6.52. The number of hydrogen-bond donors (Lipinski definition) is 3. The highest BCUT2D eigenvalue weighted by Crippen LogP contribution is 2.16. The van der Waals surface area contributed by atoms with Gasteiger partial charge in [0.2, 0.25) is 5.91 Å². The van der Waals surface area contributed by atoms with Crippen LogP contribution in [0.25, 0.3) is 0 Å². The van der Waals surface area contributed by atoms with Crippen molar-refractivity contribution >= 4 is 5.91 Å². The number of rotatable bonds is 4. The first-order valence-electron chi connectivity index (χ1n) is 6.48. The van der Waals surface area contributed by atoms with E-state index in [2.05, 4.69) is 10.6 Å². The molecule has 0 radical (unpaired) electrons. The fraction of sp³-hybridized carbons (Fsp3) is 0.500. The van der Waals surface area contributed by atoms with Crippen molar-refractivity contribution < 1.29 is 9.90 Å². The van der Waals surface area contributed by atoms with Crippen molar-refractivity contribution in [3.63, 3.8) is 0 Å². The molecule has 18 heavy (non-hydrogen) atoms. The Morgan fingerprint density at radius 2 is 2.00 bits per heavy atom. The number of aliphatic hydroxyl groups is 1. The third-order valence-electron chi connectivity index (χ3n) is 3.41. The van der Waals surface area contributed by atoms with E-state index < -0.39 is 0 Å². The average molecular weight is 248 g/mol. The maximum Gasteiger partial charge on any atom is 0.223 e. The minimum absolute atomic E-state index is 0.0550. The average Bonchev–Trinajstić information content (AvgIpc) is 2.46. The summed E-state index contributed by atoms with van der Waals surface area (Å²) < 4.78 is 0. The number of nitrogens with one attached hydrogen (secondary N) is 2. The number of aliphatic hydroxyl groups excluding tert-OH is 1. The second-order valence-corrected chi connectivity index (χ2v) is 4.68. The third kappa shape index (κ3) is 3.31. The van der Waals surface area contributed by atoms with E-state index in [1.54, 1.807) is 0 Å². The zero-order valence-electron chi connectivity index (χ0n) is 10.4. The topological polar surface area (TPSA) is 61.4 Å². The van der Waals surface area contributed by atoms with Crippen LogP contribution in [-0.4, -0.2) is 30.7 Å². The van der Waals surface area contributed by atoms with E-state index in [4.69, 9.17) is 0 Å². The molecule has 4 heteroatoms. The molecule has 98 valence electrons. The molecule has 1 heterocycles. The summed E-state index contributed by atoms with van der Waals surface area (Å²) >= 11 is 0. The largest absolute Gasteiger partial charge is 0.394 e. The van der Waals surface area contributed by atoms with E-state index in [1.807, 2.05) is 30.3 Å². The van der Waals surface area contributed by atoms with Crippen molar-refractivity contribution in [2.45, 2.75) is 18.9 Å². The molecule has 0 saturated carbocycles. The van der Waals surface area contributed by atoms with Gasteiger partial charge >= 0.3 is 0 Å². The number of carbonyl (C=O) groups excluding carboxylic acids is 1. The Kier molecular flexibility index (Phi) is 4.73. The summed E-state index contributed by atoms with van der Waals surface area (Å²) in [5.41, 5.74) is 0.947. The van der Waals surface area contributed by atoms with Crippen molar-refractivity contribution in [1.29, 1.82) is 0 Å². The van der Waals surface area contributed by atoms with Gasteiger partial charge in [0, 0.05) is 5.92 Å². The Morgan fingerprint density at radius 3 is 2.61 bits per heavy atom. The fourth-order valence-corrected chi connectivity index (χ4v) is 2.29. The fourth-order valence-electron chi connectivity index (χ4n) is 2.29. The molecule has 0 aliphatic carbocycles. The highest BCUT2D eigenvalue weighted by Gasteiger charge is 2.23. The number of piperidine rings is 1. The van der Waals surface area contributed by atoms with Gasteiger partial charge in [-0.1, -0.05) is 30.3 Å². The van der Waals surface area contributed by atoms with Crippen LogP contribution in [0.3, 0.4) is 0 Å². The number of benzene rings is 1. The van der Waals surface area contributed by atoms with Crippen LogP contribution in [0.5, 0.6) is 0 Å². The van der Waals surface area contributed by atoms with Crippen LogP contribution in [0.15, 0.2) is 30.3 Å². The number of hydrogen-bond acceptors (Lipinski definition) is 3. The van der Waals surface area contributed by atoms with Gasteiger partial charge in [0.05, 0.1) is 12.6 Å². The first-order valence-corrected chi connectivity index (χ1v) is 6.48. The molecule has 2 rings (SSSR count). The van der Waals surface area contributed by atoms with Crippen molar-refractivity contribution in [2.24, 2.45) is 5.92 Å². The van der Waals surface area contributed by atoms with Crippen LogP contribution in [0.2, 0.25) is 0 Å². The third-order valence-corrected chi connectivity index (χ3v) is 3.41. The molecule has 1 fully saturated rings. The Morgan fingerprint density at radius 1 is 1.33 bits per heavy atom. The van der Waals surface area contributed by atoms with Crippen LogP contribution in [-0.2, 0) is 4.79 Å². The Bertz CT molecular complexity index is 375. The standard InChI is InChI=1S/C14H20N2O2/c17-10-13(11-4-2-1-3-5-11)16-14(18)12-6-8-15-9-7-12/h1-5,12-13,15,17H,6-10H2,(H,16,18). The van der Waals surface area contributed by atoms with Gasteiger partial charge in [-0.15, -0.1) is 0 Å². The predicted molar refractivity (Wildman–Crippen MR) is 70.0 cm³/mol. The number of carbonyl (C=O) groups is 1. The summed E-state index contributed by atoms with van der Waals surface area (Å²) in [6.07, 6.45) is 1.75. The minimum Gasteiger partial charge on any atom is -0.394 e. The lowest BCUT2D eigenvalue weighted by molar-refractivity contribution is -0.126. The van der Waals surface area contributed by atoms with Crippen LogP contribution < -0.4 is 10.6 Å². The van der Waals surface area contributed by atoms with Crippen LogP contribution in [0.1, 0.15) is 24.4 Å². The molecule has 1 atom stereocenters. The van der Waals surface area contributed by atoms with Gasteiger partial charge in [0.1, 0.15) is 0 Å². The Hall–Kier alpha value is -1.39. The second-order valence-electron chi connectivity index (χ2n) is 4.68. The van der Waals surface area contributed by atoms with Gasteiger partial charge in [-0.25, -0.2) is 0 Å². The van der Waals surface area contributed by atoms with Crippen molar-refractivity contribution in [1.82, 2.24) is 10.6 Å². The van der Waals surface area contributed by atoms with Crippen LogP contribution in [0.4, 0.5) is 0 Å².